The second kappa shape index (κ2) is 6.76. The van der Waals surface area contributed by atoms with E-state index in [1.54, 1.807) is 11.1 Å². The van der Waals surface area contributed by atoms with Crippen molar-refractivity contribution in [3.05, 3.63) is 69.7 Å². The van der Waals surface area contributed by atoms with Crippen LogP contribution in [0.25, 0.3) is 0 Å². The first kappa shape index (κ1) is 14.8. The minimum atomic E-state index is 0.549. The van der Waals surface area contributed by atoms with Gasteiger partial charge in [0.2, 0.25) is 0 Å². The predicted molar refractivity (Wildman–Crippen MR) is 92.7 cm³/mol. The first-order valence-electron chi connectivity index (χ1n) is 7.75. The van der Waals surface area contributed by atoms with Crippen molar-refractivity contribution in [2.45, 2.75) is 31.7 Å². The van der Waals surface area contributed by atoms with Gasteiger partial charge < -0.3 is 5.32 Å². The van der Waals surface area contributed by atoms with Gasteiger partial charge in [-0.2, -0.15) is 0 Å². The fourth-order valence-electron chi connectivity index (χ4n) is 3.49. The van der Waals surface area contributed by atoms with Gasteiger partial charge >= 0.3 is 0 Å². The SMILES string of the molecule is CNC(Cc1cccc(Br)c1)C1CCc2ccccc2C1. The van der Waals surface area contributed by atoms with Crippen LogP contribution in [0.5, 0.6) is 0 Å². The monoisotopic (exact) mass is 343 g/mol. The van der Waals surface area contributed by atoms with Crippen LogP contribution in [0.3, 0.4) is 0 Å². The summed E-state index contributed by atoms with van der Waals surface area (Å²) < 4.78 is 1.17. The summed E-state index contributed by atoms with van der Waals surface area (Å²) >= 11 is 3.57. The molecule has 0 aromatic heterocycles. The van der Waals surface area contributed by atoms with E-state index in [0.717, 1.165) is 12.3 Å². The van der Waals surface area contributed by atoms with Crippen LogP contribution >= 0.6 is 15.9 Å². The molecule has 2 aromatic carbocycles. The molecule has 0 heterocycles. The largest absolute Gasteiger partial charge is 0.316 e. The number of fused-ring (bicyclic) bond motifs is 1. The van der Waals surface area contributed by atoms with Gasteiger partial charge in [0.25, 0.3) is 0 Å². The average molecular weight is 344 g/mol. The maximum Gasteiger partial charge on any atom is 0.0178 e. The summed E-state index contributed by atoms with van der Waals surface area (Å²) in [6.45, 7) is 0. The Morgan fingerprint density at radius 2 is 1.95 bits per heavy atom. The summed E-state index contributed by atoms with van der Waals surface area (Å²) in [7, 11) is 2.10. The van der Waals surface area contributed by atoms with Gasteiger partial charge in [0.05, 0.1) is 0 Å². The van der Waals surface area contributed by atoms with E-state index >= 15 is 0 Å². The molecule has 21 heavy (non-hydrogen) atoms. The van der Waals surface area contributed by atoms with Crippen molar-refractivity contribution in [1.29, 1.82) is 0 Å². The van der Waals surface area contributed by atoms with Crippen LogP contribution in [0.2, 0.25) is 0 Å². The Kier molecular flexibility index (Phi) is 4.77. The van der Waals surface area contributed by atoms with Crippen molar-refractivity contribution in [2.75, 3.05) is 7.05 Å². The third-order valence-corrected chi connectivity index (χ3v) is 5.16. The quantitative estimate of drug-likeness (QED) is 0.868. The summed E-state index contributed by atoms with van der Waals surface area (Å²) in [5, 5.41) is 3.56. The minimum absolute atomic E-state index is 0.549. The highest BCUT2D eigenvalue weighted by molar-refractivity contribution is 9.10. The lowest BCUT2D eigenvalue weighted by atomic mass is 9.78. The number of hydrogen-bond donors (Lipinski definition) is 1. The predicted octanol–water partition coefficient (Wildman–Crippen LogP) is 4.38. The fraction of sp³-hybridized carbons (Fsp3) is 0.368. The van der Waals surface area contributed by atoms with E-state index in [-0.39, 0.29) is 0 Å². The molecular weight excluding hydrogens is 322 g/mol. The molecule has 0 spiro atoms. The molecule has 2 unspecified atom stereocenters. The molecule has 2 aromatic rings. The highest BCUT2D eigenvalue weighted by atomic mass is 79.9. The van der Waals surface area contributed by atoms with Gasteiger partial charge in [0.15, 0.2) is 0 Å². The smallest absolute Gasteiger partial charge is 0.0178 e. The first-order chi connectivity index (χ1) is 10.3. The van der Waals surface area contributed by atoms with Gasteiger partial charge in [0.1, 0.15) is 0 Å². The van der Waals surface area contributed by atoms with Crippen LogP contribution in [0.1, 0.15) is 23.1 Å². The minimum Gasteiger partial charge on any atom is -0.316 e. The molecule has 0 bridgehead atoms. The molecule has 0 amide bonds. The van der Waals surface area contributed by atoms with Crippen LogP contribution < -0.4 is 5.32 Å². The fourth-order valence-corrected chi connectivity index (χ4v) is 3.94. The molecule has 1 aliphatic carbocycles. The standard InChI is InChI=1S/C19H22BrN/c1-21-19(12-14-5-4-8-18(20)11-14)17-10-9-15-6-2-3-7-16(15)13-17/h2-8,11,17,19,21H,9-10,12-13H2,1H3. The van der Waals surface area contributed by atoms with Crippen LogP contribution in [0.4, 0.5) is 0 Å². The molecule has 0 fully saturated rings. The molecule has 0 aliphatic heterocycles. The third kappa shape index (κ3) is 3.56. The molecule has 2 atom stereocenters. The van der Waals surface area contributed by atoms with Crippen molar-refractivity contribution in [3.63, 3.8) is 0 Å². The lowest BCUT2D eigenvalue weighted by molar-refractivity contribution is 0.333. The molecule has 0 radical (unpaired) electrons. The van der Waals surface area contributed by atoms with Crippen LogP contribution in [-0.2, 0) is 19.3 Å². The number of likely N-dealkylation sites (N-methyl/N-ethyl adjacent to an activating group) is 1. The highest BCUT2D eigenvalue weighted by Crippen LogP contribution is 2.29. The number of hydrogen-bond acceptors (Lipinski definition) is 1. The molecule has 3 rings (SSSR count). The zero-order chi connectivity index (χ0) is 14.7. The summed E-state index contributed by atoms with van der Waals surface area (Å²) in [6.07, 6.45) is 4.81. The topological polar surface area (TPSA) is 12.0 Å². The van der Waals surface area contributed by atoms with E-state index in [1.165, 1.54) is 29.3 Å². The number of aryl methyl sites for hydroxylation is 1. The molecule has 0 saturated carbocycles. The van der Waals surface area contributed by atoms with Gasteiger partial charge in [0, 0.05) is 10.5 Å². The second-order valence-corrected chi connectivity index (χ2v) is 6.92. The molecule has 1 aliphatic rings. The van der Waals surface area contributed by atoms with Crippen LogP contribution in [0, 0.1) is 5.92 Å². The molecule has 0 saturated heterocycles. The van der Waals surface area contributed by atoms with E-state index in [0.29, 0.717) is 6.04 Å². The second-order valence-electron chi connectivity index (χ2n) is 6.00. The summed E-state index contributed by atoms with van der Waals surface area (Å²) in [4.78, 5) is 0. The van der Waals surface area contributed by atoms with E-state index in [1.807, 2.05) is 0 Å². The highest BCUT2D eigenvalue weighted by Gasteiger charge is 2.25. The third-order valence-electron chi connectivity index (χ3n) is 4.67. The summed E-state index contributed by atoms with van der Waals surface area (Å²) in [6, 6.07) is 18.2. The Morgan fingerprint density at radius 1 is 1.14 bits per heavy atom. The molecule has 2 heteroatoms. The normalized spacial score (nSPS) is 19.0. The van der Waals surface area contributed by atoms with Crippen molar-refractivity contribution in [1.82, 2.24) is 5.32 Å². The van der Waals surface area contributed by atoms with Crippen molar-refractivity contribution in [3.8, 4) is 0 Å². The van der Waals surface area contributed by atoms with Gasteiger partial charge in [-0.15, -0.1) is 0 Å². The number of rotatable bonds is 4. The molecule has 1 nitrogen and oxygen atoms in total. The van der Waals surface area contributed by atoms with E-state index < -0.39 is 0 Å². The van der Waals surface area contributed by atoms with Crippen molar-refractivity contribution in [2.24, 2.45) is 5.92 Å². The zero-order valence-electron chi connectivity index (χ0n) is 12.5. The average Bonchev–Trinajstić information content (AvgIpc) is 2.52. The van der Waals surface area contributed by atoms with Gasteiger partial charge in [-0.05, 0) is 67.5 Å². The number of benzene rings is 2. The molecular formula is C19H22BrN. The van der Waals surface area contributed by atoms with Crippen molar-refractivity contribution < 1.29 is 0 Å². The Labute approximate surface area is 135 Å². The summed E-state index contributed by atoms with van der Waals surface area (Å²) in [5.41, 5.74) is 4.50. The number of nitrogens with one attached hydrogen (secondary N) is 1. The van der Waals surface area contributed by atoms with E-state index in [9.17, 15) is 0 Å². The zero-order valence-corrected chi connectivity index (χ0v) is 14.1. The Bertz CT molecular complexity index is 608. The Balaban J connectivity index is 1.73. The van der Waals surface area contributed by atoms with Crippen molar-refractivity contribution >= 4 is 15.9 Å². The summed E-state index contributed by atoms with van der Waals surface area (Å²) in [5.74, 6) is 0.726. The van der Waals surface area contributed by atoms with E-state index in [2.05, 4.69) is 76.8 Å². The lowest BCUT2D eigenvalue weighted by Gasteiger charge is -2.31. The molecule has 110 valence electrons. The van der Waals surface area contributed by atoms with Crippen LogP contribution in [0.15, 0.2) is 53.0 Å². The Morgan fingerprint density at radius 3 is 2.71 bits per heavy atom. The lowest BCUT2D eigenvalue weighted by Crippen LogP contribution is -2.38. The number of halogens is 1. The maximum absolute atomic E-state index is 3.57. The first-order valence-corrected chi connectivity index (χ1v) is 8.54. The van der Waals surface area contributed by atoms with Gasteiger partial charge in [-0.25, -0.2) is 0 Å². The molecule has 1 N–H and O–H groups in total. The maximum atomic E-state index is 3.57. The Hall–Kier alpha value is -1.12. The van der Waals surface area contributed by atoms with Gasteiger partial charge in [-0.3, -0.25) is 0 Å². The van der Waals surface area contributed by atoms with Gasteiger partial charge in [-0.1, -0.05) is 52.3 Å². The van der Waals surface area contributed by atoms with Crippen LogP contribution in [-0.4, -0.2) is 13.1 Å². The van der Waals surface area contributed by atoms with E-state index in [4.69, 9.17) is 0 Å².